The Balaban J connectivity index is 1.98. The number of rotatable bonds is 7. The van der Waals surface area contributed by atoms with Gasteiger partial charge in [0.05, 0.1) is 25.8 Å². The van der Waals surface area contributed by atoms with Crippen molar-refractivity contribution in [2.24, 2.45) is 5.41 Å². The summed E-state index contributed by atoms with van der Waals surface area (Å²) >= 11 is 0. The van der Waals surface area contributed by atoms with E-state index in [0.29, 0.717) is 24.5 Å². The van der Waals surface area contributed by atoms with Gasteiger partial charge in [-0.2, -0.15) is 0 Å². The Morgan fingerprint density at radius 3 is 2.12 bits per heavy atom. The van der Waals surface area contributed by atoms with Crippen LogP contribution in [0.4, 0.5) is 13.2 Å². The van der Waals surface area contributed by atoms with Gasteiger partial charge in [0.2, 0.25) is 0 Å². The molecule has 1 heterocycles. The topological polar surface area (TPSA) is 48.0 Å². The number of nitrogens with zero attached hydrogens (tertiary/aromatic N) is 1. The van der Waals surface area contributed by atoms with Crippen molar-refractivity contribution in [1.82, 2.24) is 4.90 Å². The summed E-state index contributed by atoms with van der Waals surface area (Å²) < 4.78 is 52.6. The number of likely N-dealkylation sites (tertiary alicyclic amines) is 1. The number of benzene rings is 2. The lowest BCUT2D eigenvalue weighted by Gasteiger charge is -2.47. The van der Waals surface area contributed by atoms with E-state index in [1.807, 2.05) is 18.2 Å². The number of methoxy groups -OCH3 is 2. The first-order chi connectivity index (χ1) is 15.1. The van der Waals surface area contributed by atoms with Crippen molar-refractivity contribution in [2.75, 3.05) is 14.2 Å². The fraction of sp³-hybridized carbons (Fsp3) is 0.458. The minimum absolute atomic E-state index is 0.108. The van der Waals surface area contributed by atoms with E-state index in [9.17, 15) is 18.0 Å². The van der Waals surface area contributed by atoms with Crippen molar-refractivity contribution >= 4 is 6.29 Å². The Hall–Kier alpha value is -2.74. The monoisotopic (exact) mass is 451 g/mol. The van der Waals surface area contributed by atoms with Gasteiger partial charge in [-0.1, -0.05) is 32.0 Å². The summed E-state index contributed by atoms with van der Waals surface area (Å²) in [5.74, 6) is 1.04. The third-order valence-corrected chi connectivity index (χ3v) is 5.81. The van der Waals surface area contributed by atoms with Crippen molar-refractivity contribution in [3.05, 3.63) is 53.6 Å². The average molecular weight is 451 g/mol. The number of carbonyl (C=O) groups is 1. The van der Waals surface area contributed by atoms with Crippen LogP contribution in [0.5, 0.6) is 17.2 Å². The number of ether oxygens (including phenoxy) is 3. The average Bonchev–Trinajstić information content (AvgIpc) is 2.74. The van der Waals surface area contributed by atoms with Crippen LogP contribution in [0.1, 0.15) is 43.9 Å². The van der Waals surface area contributed by atoms with Crippen LogP contribution in [0.2, 0.25) is 0 Å². The minimum Gasteiger partial charge on any atom is -0.496 e. The highest BCUT2D eigenvalue weighted by Crippen LogP contribution is 2.49. The van der Waals surface area contributed by atoms with Gasteiger partial charge in [0, 0.05) is 12.6 Å². The molecular weight excluding hydrogens is 423 g/mol. The molecule has 8 heteroatoms. The lowest BCUT2D eigenvalue weighted by atomic mass is 9.73. The van der Waals surface area contributed by atoms with Gasteiger partial charge >= 0.3 is 6.36 Å². The van der Waals surface area contributed by atoms with Crippen LogP contribution in [0.15, 0.2) is 42.5 Å². The summed E-state index contributed by atoms with van der Waals surface area (Å²) in [6, 6.07) is 10.7. The number of halogens is 3. The fourth-order valence-corrected chi connectivity index (χ4v) is 4.48. The van der Waals surface area contributed by atoms with Crippen LogP contribution in [0.25, 0.3) is 0 Å². The highest BCUT2D eigenvalue weighted by molar-refractivity contribution is 5.59. The maximum Gasteiger partial charge on any atom is 0.573 e. The van der Waals surface area contributed by atoms with Gasteiger partial charge in [0.25, 0.3) is 0 Å². The normalized spacial score (nSPS) is 21.1. The zero-order chi connectivity index (χ0) is 23.5. The molecule has 0 amide bonds. The smallest absolute Gasteiger partial charge is 0.496 e. The molecule has 2 atom stereocenters. The second-order valence-corrected chi connectivity index (χ2v) is 8.73. The molecule has 1 aliphatic rings. The molecule has 0 bridgehead atoms. The van der Waals surface area contributed by atoms with Crippen molar-refractivity contribution in [3.63, 3.8) is 0 Å². The number of hydrogen-bond acceptors (Lipinski definition) is 5. The molecule has 0 aliphatic carbocycles. The van der Waals surface area contributed by atoms with Gasteiger partial charge < -0.3 is 19.0 Å². The van der Waals surface area contributed by atoms with Gasteiger partial charge in [-0.05, 0) is 48.1 Å². The maximum absolute atomic E-state index is 12.5. The van der Waals surface area contributed by atoms with Gasteiger partial charge in [-0.15, -0.1) is 13.2 Å². The number of aldehydes is 1. The summed E-state index contributed by atoms with van der Waals surface area (Å²) in [4.78, 5) is 14.2. The predicted molar refractivity (Wildman–Crippen MR) is 114 cm³/mol. The second kappa shape index (κ2) is 9.40. The van der Waals surface area contributed by atoms with E-state index in [4.69, 9.17) is 9.47 Å². The Morgan fingerprint density at radius 2 is 1.62 bits per heavy atom. The largest absolute Gasteiger partial charge is 0.573 e. The van der Waals surface area contributed by atoms with Crippen LogP contribution in [-0.4, -0.2) is 37.8 Å². The second-order valence-electron chi connectivity index (χ2n) is 8.73. The molecule has 0 spiro atoms. The molecule has 1 saturated heterocycles. The molecule has 0 aromatic heterocycles. The Kier molecular flexibility index (Phi) is 7.03. The Labute approximate surface area is 186 Å². The summed E-state index contributed by atoms with van der Waals surface area (Å²) in [6.07, 6.45) is -2.38. The first-order valence-corrected chi connectivity index (χ1v) is 10.3. The van der Waals surface area contributed by atoms with Crippen molar-refractivity contribution in [1.29, 1.82) is 0 Å². The van der Waals surface area contributed by atoms with Gasteiger partial charge in [-0.25, -0.2) is 0 Å². The van der Waals surface area contributed by atoms with E-state index < -0.39 is 6.36 Å². The molecule has 2 aromatic carbocycles. The molecule has 0 saturated carbocycles. The molecular formula is C24H28F3NO4. The van der Waals surface area contributed by atoms with E-state index in [2.05, 4.69) is 23.5 Å². The number of piperidine rings is 1. The highest BCUT2D eigenvalue weighted by atomic mass is 19.4. The molecule has 3 rings (SSSR count). The SMILES string of the molecule is COc1cccc(OC)c1C1CC(C)(C)CC(C=O)N1Cc1ccc(OC(F)(F)F)cc1. The maximum atomic E-state index is 12.5. The lowest BCUT2D eigenvalue weighted by Crippen LogP contribution is -2.47. The van der Waals surface area contributed by atoms with Gasteiger partial charge in [-0.3, -0.25) is 4.90 Å². The van der Waals surface area contributed by atoms with Crippen LogP contribution in [0.3, 0.4) is 0 Å². The molecule has 2 unspecified atom stereocenters. The van der Waals surface area contributed by atoms with E-state index in [1.165, 1.54) is 12.1 Å². The quantitative estimate of drug-likeness (QED) is 0.518. The first kappa shape index (κ1) is 23.9. The Morgan fingerprint density at radius 1 is 1.03 bits per heavy atom. The first-order valence-electron chi connectivity index (χ1n) is 10.3. The standard InChI is InChI=1S/C24H28F3NO4/c1-23(2)12-17(15-29)28(14-16-8-10-18(11-9-16)32-24(25,26)27)19(13-23)22-20(30-3)6-5-7-21(22)31-4/h5-11,15,17,19H,12-14H2,1-4H3. The highest BCUT2D eigenvalue weighted by Gasteiger charge is 2.42. The predicted octanol–water partition coefficient (Wildman–Crippen LogP) is 5.53. The van der Waals surface area contributed by atoms with Crippen LogP contribution in [0, 0.1) is 5.41 Å². The minimum atomic E-state index is -4.74. The van der Waals surface area contributed by atoms with Crippen LogP contribution < -0.4 is 14.2 Å². The van der Waals surface area contributed by atoms with Crippen molar-refractivity contribution < 1.29 is 32.2 Å². The molecule has 5 nitrogen and oxygen atoms in total. The van der Waals surface area contributed by atoms with Crippen LogP contribution in [-0.2, 0) is 11.3 Å². The molecule has 0 radical (unpaired) electrons. The van der Waals surface area contributed by atoms with E-state index in [1.54, 1.807) is 26.4 Å². The third kappa shape index (κ3) is 5.54. The molecule has 2 aromatic rings. The zero-order valence-corrected chi connectivity index (χ0v) is 18.6. The number of alkyl halides is 3. The molecule has 32 heavy (non-hydrogen) atoms. The summed E-state index contributed by atoms with van der Waals surface area (Å²) in [7, 11) is 3.18. The molecule has 1 fully saturated rings. The molecule has 1 aliphatic heterocycles. The summed E-state index contributed by atoms with van der Waals surface area (Å²) in [5, 5.41) is 0. The van der Waals surface area contributed by atoms with E-state index in [-0.39, 0.29) is 23.2 Å². The molecule has 174 valence electrons. The van der Waals surface area contributed by atoms with Crippen molar-refractivity contribution in [2.45, 2.75) is 51.7 Å². The number of hydrogen-bond donors (Lipinski definition) is 0. The summed E-state index contributed by atoms with van der Waals surface area (Å²) in [6.45, 7) is 4.62. The van der Waals surface area contributed by atoms with Gasteiger partial charge in [0.15, 0.2) is 0 Å². The lowest BCUT2D eigenvalue weighted by molar-refractivity contribution is -0.274. The van der Waals surface area contributed by atoms with Crippen molar-refractivity contribution in [3.8, 4) is 17.2 Å². The Bertz CT molecular complexity index is 906. The fourth-order valence-electron chi connectivity index (χ4n) is 4.48. The summed E-state index contributed by atoms with van der Waals surface area (Å²) in [5.41, 5.74) is 1.52. The van der Waals surface area contributed by atoms with Crippen LogP contribution >= 0.6 is 0 Å². The van der Waals surface area contributed by atoms with Gasteiger partial charge in [0.1, 0.15) is 23.5 Å². The van der Waals surface area contributed by atoms with E-state index >= 15 is 0 Å². The number of carbonyl (C=O) groups excluding carboxylic acids is 1. The van der Waals surface area contributed by atoms with E-state index in [0.717, 1.165) is 23.8 Å². The molecule has 0 N–H and O–H groups in total. The third-order valence-electron chi connectivity index (χ3n) is 5.81. The zero-order valence-electron chi connectivity index (χ0n) is 18.6.